The Bertz CT molecular complexity index is 212. The van der Waals surface area contributed by atoms with E-state index in [2.05, 4.69) is 5.32 Å². The summed E-state index contributed by atoms with van der Waals surface area (Å²) in [6.07, 6.45) is 0. The average Bonchev–Trinajstić information content (AvgIpc) is 2.26. The van der Waals surface area contributed by atoms with Crippen molar-refractivity contribution < 1.29 is 18.3 Å². The molecule has 0 spiro atoms. The highest BCUT2D eigenvalue weighted by atomic mass is 19.3. The van der Waals surface area contributed by atoms with Crippen molar-refractivity contribution >= 4 is 5.91 Å². The topological polar surface area (TPSA) is 41.6 Å². The molecule has 0 aromatic carbocycles. The Labute approximate surface area is 81.2 Å². The summed E-state index contributed by atoms with van der Waals surface area (Å²) in [5.41, 5.74) is 0. The molecule has 1 rings (SSSR count). The van der Waals surface area contributed by atoms with Crippen LogP contribution in [0.4, 0.5) is 8.78 Å². The van der Waals surface area contributed by atoms with Gasteiger partial charge in [0.15, 0.2) is 0 Å². The third-order valence-corrected chi connectivity index (χ3v) is 1.97. The molecule has 6 heteroatoms. The second-order valence-electron chi connectivity index (χ2n) is 3.29. The predicted molar refractivity (Wildman–Crippen MR) is 46.3 cm³/mol. The molecule has 1 heterocycles. The lowest BCUT2D eigenvalue weighted by Gasteiger charge is -2.21. The van der Waals surface area contributed by atoms with Crippen LogP contribution in [0.15, 0.2) is 0 Å². The van der Waals surface area contributed by atoms with Gasteiger partial charge in [-0.2, -0.15) is 0 Å². The lowest BCUT2D eigenvalue weighted by molar-refractivity contribution is -0.122. The van der Waals surface area contributed by atoms with Gasteiger partial charge in [0.25, 0.3) is 5.92 Å². The molecule has 1 amide bonds. The van der Waals surface area contributed by atoms with E-state index in [1.165, 1.54) is 11.9 Å². The van der Waals surface area contributed by atoms with E-state index in [1.54, 1.807) is 0 Å². The normalized spacial score (nSPS) is 22.8. The summed E-state index contributed by atoms with van der Waals surface area (Å²) in [5.74, 6) is -3.12. The van der Waals surface area contributed by atoms with E-state index >= 15 is 0 Å². The number of hydrogen-bond acceptors (Lipinski definition) is 3. The van der Waals surface area contributed by atoms with Crippen LogP contribution < -0.4 is 5.32 Å². The zero-order valence-electron chi connectivity index (χ0n) is 8.06. The van der Waals surface area contributed by atoms with Gasteiger partial charge in [0.05, 0.1) is 19.7 Å². The Morgan fingerprint density at radius 1 is 1.64 bits per heavy atom. The number of rotatable bonds is 2. The van der Waals surface area contributed by atoms with E-state index in [9.17, 15) is 13.6 Å². The van der Waals surface area contributed by atoms with E-state index in [1.807, 2.05) is 0 Å². The van der Waals surface area contributed by atoms with Crippen LogP contribution in [0.1, 0.15) is 0 Å². The van der Waals surface area contributed by atoms with Crippen LogP contribution >= 0.6 is 0 Å². The standard InChI is InChI=1S/C8H14F2N2O2/c1-11-7(13)4-12-2-3-14-6-8(9,10)5-12/h2-6H2,1H3,(H,11,13). The Morgan fingerprint density at radius 3 is 3.00 bits per heavy atom. The number of hydrogen-bond donors (Lipinski definition) is 1. The molecule has 1 fully saturated rings. The largest absolute Gasteiger partial charge is 0.374 e. The van der Waals surface area contributed by atoms with E-state index in [0.717, 1.165) is 0 Å². The summed E-state index contributed by atoms with van der Waals surface area (Å²) in [6, 6.07) is 0. The number of alkyl halides is 2. The Morgan fingerprint density at radius 2 is 2.36 bits per heavy atom. The third-order valence-electron chi connectivity index (χ3n) is 1.97. The lowest BCUT2D eigenvalue weighted by Crippen LogP contribution is -2.42. The van der Waals surface area contributed by atoms with Gasteiger partial charge in [-0.3, -0.25) is 9.69 Å². The number of carbonyl (C=O) groups is 1. The van der Waals surface area contributed by atoms with Crippen molar-refractivity contribution in [2.24, 2.45) is 0 Å². The number of likely N-dealkylation sites (N-methyl/N-ethyl adjacent to an activating group) is 1. The first-order chi connectivity index (χ1) is 6.53. The number of ether oxygens (including phenoxy) is 1. The molecule has 0 aromatic rings. The maximum absolute atomic E-state index is 13.0. The van der Waals surface area contributed by atoms with Crippen LogP contribution in [0.2, 0.25) is 0 Å². The molecule has 0 atom stereocenters. The molecule has 0 bridgehead atoms. The fourth-order valence-corrected chi connectivity index (χ4v) is 1.28. The first kappa shape index (κ1) is 11.3. The average molecular weight is 208 g/mol. The zero-order valence-corrected chi connectivity index (χ0v) is 8.06. The van der Waals surface area contributed by atoms with Gasteiger partial charge < -0.3 is 10.1 Å². The van der Waals surface area contributed by atoms with Gasteiger partial charge >= 0.3 is 0 Å². The molecule has 1 N–H and O–H groups in total. The minimum Gasteiger partial charge on any atom is -0.374 e. The Hall–Kier alpha value is -0.750. The monoisotopic (exact) mass is 208 g/mol. The predicted octanol–water partition coefficient (Wildman–Crippen LogP) is -0.300. The molecule has 0 radical (unpaired) electrons. The summed E-state index contributed by atoms with van der Waals surface area (Å²) in [7, 11) is 1.48. The summed E-state index contributed by atoms with van der Waals surface area (Å²) in [4.78, 5) is 12.4. The van der Waals surface area contributed by atoms with Crippen molar-refractivity contribution in [2.75, 3.05) is 39.9 Å². The second-order valence-corrected chi connectivity index (χ2v) is 3.29. The van der Waals surface area contributed by atoms with Gasteiger partial charge in [0, 0.05) is 13.6 Å². The molecule has 0 aliphatic carbocycles. The summed E-state index contributed by atoms with van der Waals surface area (Å²) in [6.45, 7) is -0.372. The molecule has 0 aromatic heterocycles. The van der Waals surface area contributed by atoms with Gasteiger partial charge in [-0.05, 0) is 0 Å². The lowest BCUT2D eigenvalue weighted by atomic mass is 10.3. The Kier molecular flexibility index (Phi) is 3.77. The van der Waals surface area contributed by atoms with Gasteiger partial charge in [0.2, 0.25) is 5.91 Å². The van der Waals surface area contributed by atoms with Crippen molar-refractivity contribution in [3.8, 4) is 0 Å². The fraction of sp³-hybridized carbons (Fsp3) is 0.875. The molecule has 82 valence electrons. The highest BCUT2D eigenvalue weighted by Crippen LogP contribution is 2.17. The molecule has 1 aliphatic heterocycles. The maximum Gasteiger partial charge on any atom is 0.283 e. The molecule has 1 saturated heterocycles. The molecule has 0 saturated carbocycles. The zero-order chi connectivity index (χ0) is 10.6. The van der Waals surface area contributed by atoms with Gasteiger partial charge in [-0.15, -0.1) is 0 Å². The van der Waals surface area contributed by atoms with E-state index in [-0.39, 0.29) is 19.1 Å². The highest BCUT2D eigenvalue weighted by molar-refractivity contribution is 5.77. The van der Waals surface area contributed by atoms with Crippen LogP contribution in [0.25, 0.3) is 0 Å². The quantitative estimate of drug-likeness (QED) is 0.677. The minimum atomic E-state index is -2.86. The number of amides is 1. The van der Waals surface area contributed by atoms with Crippen LogP contribution in [0.5, 0.6) is 0 Å². The van der Waals surface area contributed by atoms with Gasteiger partial charge in [-0.1, -0.05) is 0 Å². The smallest absolute Gasteiger partial charge is 0.283 e. The van der Waals surface area contributed by atoms with Crippen LogP contribution in [0, 0.1) is 0 Å². The number of halogens is 2. The number of nitrogens with one attached hydrogen (secondary N) is 1. The minimum absolute atomic E-state index is 0.00451. The first-order valence-corrected chi connectivity index (χ1v) is 4.42. The molecule has 4 nitrogen and oxygen atoms in total. The summed E-state index contributed by atoms with van der Waals surface area (Å²) < 4.78 is 30.7. The molecule has 0 unspecified atom stereocenters. The third kappa shape index (κ3) is 3.55. The van der Waals surface area contributed by atoms with E-state index < -0.39 is 19.1 Å². The van der Waals surface area contributed by atoms with E-state index in [4.69, 9.17) is 4.74 Å². The van der Waals surface area contributed by atoms with Crippen molar-refractivity contribution in [2.45, 2.75) is 5.92 Å². The van der Waals surface area contributed by atoms with E-state index in [0.29, 0.717) is 6.54 Å². The van der Waals surface area contributed by atoms with Crippen LogP contribution in [-0.4, -0.2) is 56.6 Å². The maximum atomic E-state index is 13.0. The van der Waals surface area contributed by atoms with Crippen LogP contribution in [0.3, 0.4) is 0 Å². The van der Waals surface area contributed by atoms with Gasteiger partial charge in [0.1, 0.15) is 6.61 Å². The fourth-order valence-electron chi connectivity index (χ4n) is 1.28. The molecule has 14 heavy (non-hydrogen) atoms. The van der Waals surface area contributed by atoms with Crippen LogP contribution in [-0.2, 0) is 9.53 Å². The van der Waals surface area contributed by atoms with Crippen molar-refractivity contribution in [1.82, 2.24) is 10.2 Å². The molecule has 1 aliphatic rings. The second kappa shape index (κ2) is 4.65. The van der Waals surface area contributed by atoms with Crippen molar-refractivity contribution in [1.29, 1.82) is 0 Å². The van der Waals surface area contributed by atoms with Gasteiger partial charge in [-0.25, -0.2) is 8.78 Å². The van der Waals surface area contributed by atoms with Crippen molar-refractivity contribution in [3.63, 3.8) is 0 Å². The summed E-state index contributed by atoms with van der Waals surface area (Å²) >= 11 is 0. The van der Waals surface area contributed by atoms with Crippen molar-refractivity contribution in [3.05, 3.63) is 0 Å². The summed E-state index contributed by atoms with van der Waals surface area (Å²) in [5, 5.41) is 2.39. The molecular weight excluding hydrogens is 194 g/mol. The molecular formula is C8H14F2N2O2. The number of carbonyl (C=O) groups excluding carboxylic acids is 1. The SMILES string of the molecule is CNC(=O)CN1CCOCC(F)(F)C1. The number of nitrogens with zero attached hydrogens (tertiary/aromatic N) is 1. The Balaban J connectivity index is 2.47. The first-order valence-electron chi connectivity index (χ1n) is 4.42. The highest BCUT2D eigenvalue weighted by Gasteiger charge is 2.34.